The van der Waals surface area contributed by atoms with Crippen LogP contribution in [0.5, 0.6) is 0 Å². The maximum atomic E-state index is 13.1. The fourth-order valence-electron chi connectivity index (χ4n) is 5.07. The second-order valence-corrected chi connectivity index (χ2v) is 8.37. The van der Waals surface area contributed by atoms with E-state index < -0.39 is 5.92 Å². The van der Waals surface area contributed by atoms with Crippen molar-refractivity contribution in [3.05, 3.63) is 59.2 Å². The number of carbonyl (C=O) groups is 2. The van der Waals surface area contributed by atoms with E-state index >= 15 is 0 Å². The number of Topliss-reactive ketones (excluding diaryl/α,β-unsaturated/α-hetero) is 2. The molecule has 4 rings (SSSR count). The Hall–Kier alpha value is -2.26. The Labute approximate surface area is 167 Å². The van der Waals surface area contributed by atoms with Crippen LogP contribution in [-0.4, -0.2) is 24.8 Å². The van der Waals surface area contributed by atoms with E-state index in [1.165, 1.54) is 0 Å². The van der Waals surface area contributed by atoms with Crippen molar-refractivity contribution in [2.24, 2.45) is 11.8 Å². The van der Waals surface area contributed by atoms with Crippen LogP contribution in [0.25, 0.3) is 11.1 Å². The van der Waals surface area contributed by atoms with Gasteiger partial charge in [0.2, 0.25) is 0 Å². The molecule has 0 aromatic heterocycles. The summed E-state index contributed by atoms with van der Waals surface area (Å²) in [6.07, 6.45) is 3.00. The monoisotopic (exact) mass is 376 g/mol. The van der Waals surface area contributed by atoms with Crippen LogP contribution in [0, 0.1) is 25.7 Å². The van der Waals surface area contributed by atoms with Crippen LogP contribution in [0.3, 0.4) is 0 Å². The van der Waals surface area contributed by atoms with E-state index in [-0.39, 0.29) is 17.5 Å². The van der Waals surface area contributed by atoms with Gasteiger partial charge in [0.25, 0.3) is 0 Å². The Bertz CT molecular complexity index is 837. The Balaban J connectivity index is 1.60. The Morgan fingerprint density at radius 1 is 0.786 bits per heavy atom. The van der Waals surface area contributed by atoms with Crippen LogP contribution < -0.4 is 0 Å². The summed E-state index contributed by atoms with van der Waals surface area (Å²) in [6.45, 7) is 5.57. The number of hydrogen-bond acceptors (Lipinski definition) is 3. The van der Waals surface area contributed by atoms with Crippen molar-refractivity contribution < 1.29 is 14.3 Å². The smallest absolute Gasteiger partial charge is 0.148 e. The first-order valence-corrected chi connectivity index (χ1v) is 10.3. The van der Waals surface area contributed by atoms with Crippen LogP contribution >= 0.6 is 0 Å². The molecule has 0 amide bonds. The molecule has 2 aliphatic rings. The second kappa shape index (κ2) is 8.00. The van der Waals surface area contributed by atoms with Crippen LogP contribution in [-0.2, 0) is 14.3 Å². The van der Waals surface area contributed by atoms with Gasteiger partial charge in [0.15, 0.2) is 0 Å². The topological polar surface area (TPSA) is 43.4 Å². The van der Waals surface area contributed by atoms with Gasteiger partial charge in [-0.1, -0.05) is 42.5 Å². The quantitative estimate of drug-likeness (QED) is 0.706. The van der Waals surface area contributed by atoms with Gasteiger partial charge in [-0.25, -0.2) is 0 Å². The highest BCUT2D eigenvalue weighted by Crippen LogP contribution is 2.40. The summed E-state index contributed by atoms with van der Waals surface area (Å²) in [5, 5.41) is 0. The summed E-state index contributed by atoms with van der Waals surface area (Å²) in [7, 11) is 0. The zero-order valence-corrected chi connectivity index (χ0v) is 16.7. The molecule has 0 N–H and O–H groups in total. The van der Waals surface area contributed by atoms with Gasteiger partial charge in [0.05, 0.1) is 0 Å². The Morgan fingerprint density at radius 2 is 1.36 bits per heavy atom. The summed E-state index contributed by atoms with van der Waals surface area (Å²) in [5.41, 5.74) is 5.29. The van der Waals surface area contributed by atoms with Crippen LogP contribution in [0.4, 0.5) is 0 Å². The Morgan fingerprint density at radius 3 is 1.93 bits per heavy atom. The standard InChI is InChI=1S/C25H28O3/c1-16-12-20(18-6-4-3-5-7-18)13-17(2)24(16)25-22(26)14-21(15-23(25)27)19-8-10-28-11-9-19/h3-7,12-13,19,21,25H,8-11,14-15H2,1-2H3. The van der Waals surface area contributed by atoms with E-state index in [1.807, 2.05) is 32.0 Å². The van der Waals surface area contributed by atoms with E-state index in [2.05, 4.69) is 24.3 Å². The lowest BCUT2D eigenvalue weighted by atomic mass is 9.69. The molecule has 1 saturated carbocycles. The number of ketones is 2. The van der Waals surface area contributed by atoms with E-state index in [1.54, 1.807) is 0 Å². The van der Waals surface area contributed by atoms with Gasteiger partial charge in [-0.15, -0.1) is 0 Å². The third kappa shape index (κ3) is 3.68. The molecular weight excluding hydrogens is 348 g/mol. The molecule has 2 aromatic carbocycles. The molecule has 0 unspecified atom stereocenters. The van der Waals surface area contributed by atoms with Gasteiger partial charge in [0, 0.05) is 26.1 Å². The molecule has 3 heteroatoms. The third-order valence-corrected chi connectivity index (χ3v) is 6.49. The molecule has 2 aromatic rings. The number of aryl methyl sites for hydroxylation is 2. The maximum absolute atomic E-state index is 13.1. The molecule has 0 atom stereocenters. The molecule has 28 heavy (non-hydrogen) atoms. The minimum atomic E-state index is -0.582. The van der Waals surface area contributed by atoms with Crippen LogP contribution in [0.1, 0.15) is 48.3 Å². The molecule has 1 aliphatic carbocycles. The largest absolute Gasteiger partial charge is 0.381 e. The number of carbonyl (C=O) groups excluding carboxylic acids is 2. The molecule has 1 aliphatic heterocycles. The molecule has 3 nitrogen and oxygen atoms in total. The molecule has 1 heterocycles. The zero-order chi connectivity index (χ0) is 19.7. The Kier molecular flexibility index (Phi) is 5.45. The maximum Gasteiger partial charge on any atom is 0.148 e. The van der Waals surface area contributed by atoms with Crippen molar-refractivity contribution in [2.75, 3.05) is 13.2 Å². The molecule has 146 valence electrons. The molecule has 0 bridgehead atoms. The average molecular weight is 376 g/mol. The molecular formula is C25H28O3. The highest BCUT2D eigenvalue weighted by atomic mass is 16.5. The van der Waals surface area contributed by atoms with Gasteiger partial charge in [-0.3, -0.25) is 9.59 Å². The van der Waals surface area contributed by atoms with Crippen molar-refractivity contribution in [1.82, 2.24) is 0 Å². The van der Waals surface area contributed by atoms with Gasteiger partial charge >= 0.3 is 0 Å². The first-order chi connectivity index (χ1) is 13.5. The van der Waals surface area contributed by atoms with Crippen LogP contribution in [0.15, 0.2) is 42.5 Å². The number of ether oxygens (including phenoxy) is 1. The lowest BCUT2D eigenvalue weighted by Crippen LogP contribution is -2.37. The van der Waals surface area contributed by atoms with Gasteiger partial charge in [-0.05, 0) is 66.3 Å². The number of hydrogen-bond donors (Lipinski definition) is 0. The SMILES string of the molecule is Cc1cc(-c2ccccc2)cc(C)c1C1C(=O)CC(C2CCOCC2)CC1=O. The van der Waals surface area contributed by atoms with Gasteiger partial charge in [-0.2, -0.15) is 0 Å². The van der Waals surface area contributed by atoms with Gasteiger partial charge < -0.3 is 4.74 Å². The molecule has 0 radical (unpaired) electrons. The normalized spacial score (nSPS) is 23.8. The summed E-state index contributed by atoms with van der Waals surface area (Å²) >= 11 is 0. The first-order valence-electron chi connectivity index (χ1n) is 10.3. The predicted molar refractivity (Wildman–Crippen MR) is 110 cm³/mol. The number of rotatable bonds is 3. The lowest BCUT2D eigenvalue weighted by molar-refractivity contribution is -0.135. The minimum absolute atomic E-state index is 0.103. The lowest BCUT2D eigenvalue weighted by Gasteiger charge is -2.35. The van der Waals surface area contributed by atoms with Crippen molar-refractivity contribution in [1.29, 1.82) is 0 Å². The van der Waals surface area contributed by atoms with Crippen molar-refractivity contribution >= 4 is 11.6 Å². The van der Waals surface area contributed by atoms with E-state index in [4.69, 9.17) is 4.74 Å². The molecule has 1 saturated heterocycles. The summed E-state index contributed by atoms with van der Waals surface area (Å²) in [5.74, 6) is 0.272. The highest BCUT2D eigenvalue weighted by Gasteiger charge is 2.40. The van der Waals surface area contributed by atoms with E-state index in [0.717, 1.165) is 53.9 Å². The molecule has 2 fully saturated rings. The third-order valence-electron chi connectivity index (χ3n) is 6.49. The van der Waals surface area contributed by atoms with Gasteiger partial charge in [0.1, 0.15) is 17.5 Å². The minimum Gasteiger partial charge on any atom is -0.381 e. The van der Waals surface area contributed by atoms with E-state index in [9.17, 15) is 9.59 Å². The second-order valence-electron chi connectivity index (χ2n) is 8.37. The fraction of sp³-hybridized carbons (Fsp3) is 0.440. The van der Waals surface area contributed by atoms with Crippen molar-refractivity contribution in [3.63, 3.8) is 0 Å². The molecule has 0 spiro atoms. The summed E-state index contributed by atoms with van der Waals surface area (Å²) < 4.78 is 5.44. The van der Waals surface area contributed by atoms with Crippen molar-refractivity contribution in [2.45, 2.75) is 45.4 Å². The van der Waals surface area contributed by atoms with Crippen LogP contribution in [0.2, 0.25) is 0 Å². The fourth-order valence-corrected chi connectivity index (χ4v) is 5.07. The summed E-state index contributed by atoms with van der Waals surface area (Å²) in [4.78, 5) is 26.1. The van der Waals surface area contributed by atoms with E-state index in [0.29, 0.717) is 18.8 Å². The highest BCUT2D eigenvalue weighted by molar-refractivity contribution is 6.10. The predicted octanol–water partition coefficient (Wildman–Crippen LogP) is 5.03. The summed E-state index contributed by atoms with van der Waals surface area (Å²) in [6, 6.07) is 14.5. The van der Waals surface area contributed by atoms with Crippen molar-refractivity contribution in [3.8, 4) is 11.1 Å². The number of benzene rings is 2. The average Bonchev–Trinajstić information content (AvgIpc) is 2.70. The zero-order valence-electron chi connectivity index (χ0n) is 16.7. The first kappa shape index (κ1) is 19.1.